The molecule has 1 atom stereocenters. The Morgan fingerprint density at radius 3 is 2.58 bits per heavy atom. The Hall–Kier alpha value is -2.53. The first kappa shape index (κ1) is 23.6. The van der Waals surface area contributed by atoms with Crippen molar-refractivity contribution in [3.8, 4) is 5.75 Å². The standard InChI is InChI=1S/C22H23ClN4O4S2/c1-3-22(4-2)13-17(15-10-6-8-12-18(15)31-22)27-33(29,30)21-26-25-20(32-21)24-19(28)14-9-5-7-11-16(14)23/h5-12,17,27H,3-4,13H2,1-2H3,(H,24,25,28). The highest BCUT2D eigenvalue weighted by Crippen LogP contribution is 2.43. The third-order valence-electron chi connectivity index (χ3n) is 5.76. The number of aromatic nitrogens is 2. The summed E-state index contributed by atoms with van der Waals surface area (Å²) in [4.78, 5) is 12.5. The van der Waals surface area contributed by atoms with Crippen LogP contribution in [0.15, 0.2) is 52.9 Å². The lowest BCUT2D eigenvalue weighted by Crippen LogP contribution is -2.44. The minimum Gasteiger partial charge on any atom is -0.487 e. The Morgan fingerprint density at radius 2 is 1.85 bits per heavy atom. The van der Waals surface area contributed by atoms with Gasteiger partial charge in [0.1, 0.15) is 11.4 Å². The third-order valence-corrected chi connectivity index (χ3v) is 8.77. The van der Waals surface area contributed by atoms with E-state index in [2.05, 4.69) is 20.2 Å². The predicted octanol–water partition coefficient (Wildman–Crippen LogP) is 4.80. The van der Waals surface area contributed by atoms with E-state index in [1.807, 2.05) is 38.1 Å². The van der Waals surface area contributed by atoms with Crippen molar-refractivity contribution in [2.75, 3.05) is 5.32 Å². The van der Waals surface area contributed by atoms with E-state index in [9.17, 15) is 13.2 Å². The molecule has 33 heavy (non-hydrogen) atoms. The van der Waals surface area contributed by atoms with Crippen molar-refractivity contribution >= 4 is 44.0 Å². The molecule has 3 aromatic rings. The molecule has 8 nitrogen and oxygen atoms in total. The molecule has 0 radical (unpaired) electrons. The number of carbonyl (C=O) groups is 1. The summed E-state index contributed by atoms with van der Waals surface area (Å²) >= 11 is 6.82. The van der Waals surface area contributed by atoms with E-state index in [1.165, 1.54) is 0 Å². The topological polar surface area (TPSA) is 110 Å². The summed E-state index contributed by atoms with van der Waals surface area (Å²) < 4.78 is 35.1. The molecule has 0 saturated carbocycles. The largest absolute Gasteiger partial charge is 0.487 e. The third kappa shape index (κ3) is 4.89. The van der Waals surface area contributed by atoms with Crippen LogP contribution in [0.5, 0.6) is 5.75 Å². The van der Waals surface area contributed by atoms with Crippen LogP contribution in [-0.2, 0) is 10.0 Å². The zero-order valence-electron chi connectivity index (χ0n) is 18.0. The van der Waals surface area contributed by atoms with Gasteiger partial charge in [-0.15, -0.1) is 10.2 Å². The number of nitrogens with zero attached hydrogens (tertiary/aromatic N) is 2. The van der Waals surface area contributed by atoms with E-state index < -0.39 is 27.6 Å². The molecule has 0 aliphatic carbocycles. The second-order valence-corrected chi connectivity index (χ2v) is 11.0. The zero-order chi connectivity index (χ0) is 23.6. The molecular weight excluding hydrogens is 484 g/mol. The van der Waals surface area contributed by atoms with Crippen LogP contribution in [-0.4, -0.2) is 30.1 Å². The average Bonchev–Trinajstić information content (AvgIpc) is 3.28. The van der Waals surface area contributed by atoms with Crippen molar-refractivity contribution < 1.29 is 17.9 Å². The first-order valence-corrected chi connectivity index (χ1v) is 13.1. The SMILES string of the molecule is CCC1(CC)CC(NS(=O)(=O)c2nnc(NC(=O)c3ccccc3Cl)s2)c2ccccc2O1. The monoisotopic (exact) mass is 506 g/mol. The zero-order valence-corrected chi connectivity index (χ0v) is 20.4. The van der Waals surface area contributed by atoms with Gasteiger partial charge in [-0.2, -0.15) is 0 Å². The van der Waals surface area contributed by atoms with Gasteiger partial charge in [0.25, 0.3) is 15.9 Å². The molecular formula is C22H23ClN4O4S2. The highest BCUT2D eigenvalue weighted by atomic mass is 35.5. The molecule has 0 fully saturated rings. The van der Waals surface area contributed by atoms with Crippen LogP contribution in [0.2, 0.25) is 5.02 Å². The normalized spacial score (nSPS) is 17.1. The summed E-state index contributed by atoms with van der Waals surface area (Å²) in [5.41, 5.74) is 0.568. The smallest absolute Gasteiger partial charge is 0.270 e. The fraction of sp³-hybridized carbons (Fsp3) is 0.318. The lowest BCUT2D eigenvalue weighted by molar-refractivity contribution is 0.0260. The minimum atomic E-state index is -4.00. The number of para-hydroxylation sites is 1. The Kier molecular flexibility index (Phi) is 6.71. The number of fused-ring (bicyclic) bond motifs is 1. The Balaban J connectivity index is 1.55. The van der Waals surface area contributed by atoms with Crippen LogP contribution in [0.3, 0.4) is 0 Å². The van der Waals surface area contributed by atoms with Crippen LogP contribution < -0.4 is 14.8 Å². The van der Waals surface area contributed by atoms with Crippen molar-refractivity contribution in [3.63, 3.8) is 0 Å². The fourth-order valence-corrected chi connectivity index (χ4v) is 6.17. The number of hydrogen-bond acceptors (Lipinski definition) is 7. The number of halogens is 1. The molecule has 1 aliphatic heterocycles. The quantitative estimate of drug-likeness (QED) is 0.445. The van der Waals surface area contributed by atoms with E-state index in [0.29, 0.717) is 12.2 Å². The summed E-state index contributed by atoms with van der Waals surface area (Å²) in [5.74, 6) is 0.174. The second-order valence-electron chi connectivity index (χ2n) is 7.72. The van der Waals surface area contributed by atoms with Crippen LogP contribution in [0.4, 0.5) is 5.13 Å². The summed E-state index contributed by atoms with van der Waals surface area (Å²) in [6.45, 7) is 4.06. The van der Waals surface area contributed by atoms with Gasteiger partial charge in [-0.1, -0.05) is 67.1 Å². The number of anilines is 1. The summed E-state index contributed by atoms with van der Waals surface area (Å²) in [6, 6.07) is 13.5. The molecule has 0 spiro atoms. The van der Waals surface area contributed by atoms with Gasteiger partial charge in [0.15, 0.2) is 0 Å². The van der Waals surface area contributed by atoms with Gasteiger partial charge in [-0.3, -0.25) is 10.1 Å². The first-order valence-electron chi connectivity index (χ1n) is 10.5. The van der Waals surface area contributed by atoms with E-state index in [0.717, 1.165) is 29.7 Å². The van der Waals surface area contributed by atoms with Gasteiger partial charge in [0.2, 0.25) is 9.47 Å². The highest BCUT2D eigenvalue weighted by Gasteiger charge is 2.40. The summed E-state index contributed by atoms with van der Waals surface area (Å²) in [7, 11) is -4.00. The lowest BCUT2D eigenvalue weighted by Gasteiger charge is -2.41. The molecule has 1 aromatic heterocycles. The van der Waals surface area contributed by atoms with Crippen molar-refractivity contribution in [1.29, 1.82) is 0 Å². The van der Waals surface area contributed by atoms with Gasteiger partial charge < -0.3 is 4.74 Å². The van der Waals surface area contributed by atoms with Crippen LogP contribution in [0, 0.1) is 0 Å². The van der Waals surface area contributed by atoms with Gasteiger partial charge in [-0.25, -0.2) is 13.1 Å². The van der Waals surface area contributed by atoms with Crippen molar-refractivity contribution in [3.05, 3.63) is 64.7 Å². The fourth-order valence-electron chi connectivity index (χ4n) is 3.82. The minimum absolute atomic E-state index is 0.0594. The van der Waals surface area contributed by atoms with Gasteiger partial charge in [-0.05, 0) is 31.0 Å². The van der Waals surface area contributed by atoms with E-state index >= 15 is 0 Å². The number of ether oxygens (including phenoxy) is 1. The first-order chi connectivity index (χ1) is 15.8. The van der Waals surface area contributed by atoms with E-state index in [-0.39, 0.29) is 20.1 Å². The van der Waals surface area contributed by atoms with Gasteiger partial charge in [0, 0.05) is 12.0 Å². The lowest BCUT2D eigenvalue weighted by atomic mass is 9.84. The maximum atomic E-state index is 13.1. The molecule has 11 heteroatoms. The molecule has 1 unspecified atom stereocenters. The number of amides is 1. The van der Waals surface area contributed by atoms with Gasteiger partial charge in [0.05, 0.1) is 16.6 Å². The molecule has 0 saturated heterocycles. The number of carbonyl (C=O) groups excluding carboxylic acids is 1. The second kappa shape index (κ2) is 9.38. The predicted molar refractivity (Wildman–Crippen MR) is 127 cm³/mol. The van der Waals surface area contributed by atoms with Crippen molar-refractivity contribution in [2.45, 2.75) is 49.1 Å². The van der Waals surface area contributed by atoms with Crippen molar-refractivity contribution in [2.24, 2.45) is 0 Å². The number of rotatable bonds is 7. The Morgan fingerprint density at radius 1 is 1.15 bits per heavy atom. The number of sulfonamides is 1. The maximum Gasteiger partial charge on any atom is 0.270 e. The average molecular weight is 507 g/mol. The molecule has 1 amide bonds. The van der Waals surface area contributed by atoms with Crippen molar-refractivity contribution in [1.82, 2.24) is 14.9 Å². The molecule has 4 rings (SSSR count). The van der Waals surface area contributed by atoms with Crippen LogP contribution in [0.25, 0.3) is 0 Å². The van der Waals surface area contributed by atoms with Crippen LogP contribution in [0.1, 0.15) is 55.1 Å². The molecule has 1 aliphatic rings. The maximum absolute atomic E-state index is 13.1. The molecule has 174 valence electrons. The summed E-state index contributed by atoms with van der Waals surface area (Å²) in [5, 5.41) is 10.5. The number of hydrogen-bond donors (Lipinski definition) is 2. The molecule has 2 aromatic carbocycles. The van der Waals surface area contributed by atoms with Crippen LogP contribution >= 0.6 is 22.9 Å². The number of nitrogens with one attached hydrogen (secondary N) is 2. The molecule has 2 heterocycles. The Bertz CT molecular complexity index is 1270. The Labute approximate surface area is 201 Å². The number of benzene rings is 2. The molecule has 0 bridgehead atoms. The van der Waals surface area contributed by atoms with E-state index in [1.54, 1.807) is 24.3 Å². The molecule has 2 N–H and O–H groups in total. The van der Waals surface area contributed by atoms with Gasteiger partial charge >= 0.3 is 0 Å². The van der Waals surface area contributed by atoms with E-state index in [4.69, 9.17) is 16.3 Å². The summed E-state index contributed by atoms with van der Waals surface area (Å²) in [6.07, 6.45) is 1.98. The highest BCUT2D eigenvalue weighted by molar-refractivity contribution is 7.91.